The minimum absolute atomic E-state index is 0.0312. The molecule has 0 spiro atoms. The largest absolute Gasteiger partial charge is 0.352 e. The highest BCUT2D eigenvalue weighted by Crippen LogP contribution is 2.26. The number of carbonyl (C=O) groups is 2. The number of amides is 2. The lowest BCUT2D eigenvalue weighted by Gasteiger charge is -2.32. The summed E-state index contributed by atoms with van der Waals surface area (Å²) >= 11 is 0. The monoisotopic (exact) mass is 539 g/mol. The molecule has 0 aromatic heterocycles. The molecule has 0 bridgehead atoms. The first-order valence-electron chi connectivity index (χ1n) is 12.4. The van der Waals surface area contributed by atoms with Gasteiger partial charge in [0, 0.05) is 18.2 Å². The van der Waals surface area contributed by atoms with Crippen molar-refractivity contribution in [3.05, 3.63) is 95.3 Å². The summed E-state index contributed by atoms with van der Waals surface area (Å²) in [6.45, 7) is 8.02. The first-order valence-corrected chi connectivity index (χ1v) is 13.8. The highest BCUT2D eigenvalue weighted by molar-refractivity contribution is 7.92. The molecule has 2 amide bonds. The molecular formula is C29H34FN3O4S. The topological polar surface area (TPSA) is 86.8 Å². The molecule has 3 aromatic rings. The van der Waals surface area contributed by atoms with Crippen LogP contribution in [0.2, 0.25) is 0 Å². The molecule has 0 saturated heterocycles. The van der Waals surface area contributed by atoms with Crippen molar-refractivity contribution in [1.29, 1.82) is 0 Å². The number of anilines is 1. The van der Waals surface area contributed by atoms with Crippen LogP contribution in [0.1, 0.15) is 37.5 Å². The molecule has 0 unspecified atom stereocenters. The highest BCUT2D eigenvalue weighted by atomic mass is 32.2. The molecule has 38 heavy (non-hydrogen) atoms. The standard InChI is InChI=1S/C29H34FN3O4S/c1-20(2)31-29(35)23(5)32(18-24-10-6-7-12-27(24)30)28(34)19-33(25-11-8-9-22(4)17-25)38(36,37)26-15-13-21(3)14-16-26/h6-17,20,23H,18-19H2,1-5H3,(H,31,35)/t23-/m1/s1. The lowest BCUT2D eigenvalue weighted by atomic mass is 10.1. The number of halogens is 1. The van der Waals surface area contributed by atoms with Crippen LogP contribution in [0, 0.1) is 19.7 Å². The molecule has 0 aliphatic heterocycles. The Morgan fingerprint density at radius 3 is 2.16 bits per heavy atom. The van der Waals surface area contributed by atoms with E-state index in [0.717, 1.165) is 15.4 Å². The predicted octanol–water partition coefficient (Wildman–Crippen LogP) is 4.58. The van der Waals surface area contributed by atoms with E-state index in [9.17, 15) is 22.4 Å². The summed E-state index contributed by atoms with van der Waals surface area (Å²) in [5.41, 5.74) is 2.23. The van der Waals surface area contributed by atoms with Gasteiger partial charge in [-0.2, -0.15) is 0 Å². The van der Waals surface area contributed by atoms with E-state index in [1.807, 2.05) is 19.9 Å². The predicted molar refractivity (Wildman–Crippen MR) is 147 cm³/mol. The van der Waals surface area contributed by atoms with Crippen molar-refractivity contribution in [1.82, 2.24) is 10.2 Å². The van der Waals surface area contributed by atoms with Crippen molar-refractivity contribution in [3.63, 3.8) is 0 Å². The van der Waals surface area contributed by atoms with Gasteiger partial charge in [-0.1, -0.05) is 48.0 Å². The molecule has 0 aliphatic rings. The number of hydrogen-bond donors (Lipinski definition) is 1. The summed E-state index contributed by atoms with van der Waals surface area (Å²) in [5.74, 6) is -1.59. The van der Waals surface area contributed by atoms with Gasteiger partial charge in [0.15, 0.2) is 0 Å². The number of rotatable bonds is 10. The smallest absolute Gasteiger partial charge is 0.264 e. The van der Waals surface area contributed by atoms with Crippen LogP contribution in [0.3, 0.4) is 0 Å². The van der Waals surface area contributed by atoms with Gasteiger partial charge < -0.3 is 10.2 Å². The third kappa shape index (κ3) is 6.98. The van der Waals surface area contributed by atoms with Crippen molar-refractivity contribution in [3.8, 4) is 0 Å². The van der Waals surface area contributed by atoms with Gasteiger partial charge in [0.2, 0.25) is 11.8 Å². The van der Waals surface area contributed by atoms with Gasteiger partial charge in [-0.05, 0) is 70.5 Å². The van der Waals surface area contributed by atoms with Crippen LogP contribution in [0.15, 0.2) is 77.7 Å². The maximum atomic E-state index is 14.6. The van der Waals surface area contributed by atoms with Gasteiger partial charge in [0.05, 0.1) is 10.6 Å². The summed E-state index contributed by atoms with van der Waals surface area (Å²) in [5, 5.41) is 2.77. The highest BCUT2D eigenvalue weighted by Gasteiger charge is 2.33. The van der Waals surface area contributed by atoms with Gasteiger partial charge in [-0.15, -0.1) is 0 Å². The van der Waals surface area contributed by atoms with E-state index in [2.05, 4.69) is 5.32 Å². The normalized spacial score (nSPS) is 12.2. The third-order valence-corrected chi connectivity index (χ3v) is 7.86. The second-order valence-electron chi connectivity index (χ2n) is 9.62. The fourth-order valence-corrected chi connectivity index (χ4v) is 5.35. The quantitative estimate of drug-likeness (QED) is 0.409. The number of sulfonamides is 1. The maximum absolute atomic E-state index is 14.6. The van der Waals surface area contributed by atoms with Crippen LogP contribution < -0.4 is 9.62 Å². The number of benzene rings is 3. The molecule has 0 fully saturated rings. The molecule has 1 atom stereocenters. The minimum atomic E-state index is -4.15. The number of nitrogens with zero attached hydrogens (tertiary/aromatic N) is 2. The maximum Gasteiger partial charge on any atom is 0.264 e. The van der Waals surface area contributed by atoms with Crippen LogP contribution in [-0.4, -0.2) is 43.8 Å². The van der Waals surface area contributed by atoms with Crippen LogP contribution in [0.4, 0.5) is 10.1 Å². The Morgan fingerprint density at radius 2 is 1.55 bits per heavy atom. The zero-order chi connectivity index (χ0) is 28.0. The first-order chi connectivity index (χ1) is 17.9. The summed E-state index contributed by atoms with van der Waals surface area (Å²) < 4.78 is 43.2. The summed E-state index contributed by atoms with van der Waals surface area (Å²) in [6.07, 6.45) is 0. The second kappa shape index (κ2) is 12.2. The molecule has 1 N–H and O–H groups in total. The molecule has 9 heteroatoms. The lowest BCUT2D eigenvalue weighted by Crippen LogP contribution is -2.52. The van der Waals surface area contributed by atoms with Gasteiger partial charge in [-0.25, -0.2) is 12.8 Å². The van der Waals surface area contributed by atoms with E-state index in [4.69, 9.17) is 0 Å². The van der Waals surface area contributed by atoms with E-state index in [1.165, 1.54) is 35.2 Å². The van der Waals surface area contributed by atoms with E-state index >= 15 is 0 Å². The fraction of sp³-hybridized carbons (Fsp3) is 0.310. The van der Waals surface area contributed by atoms with Crippen molar-refractivity contribution in [2.75, 3.05) is 10.8 Å². The Morgan fingerprint density at radius 1 is 0.895 bits per heavy atom. The Labute approximate surface area is 224 Å². The minimum Gasteiger partial charge on any atom is -0.352 e. The van der Waals surface area contributed by atoms with Crippen LogP contribution in [-0.2, 0) is 26.2 Å². The number of carbonyl (C=O) groups excluding carboxylic acids is 2. The molecule has 3 rings (SSSR count). The molecule has 7 nitrogen and oxygen atoms in total. The zero-order valence-electron chi connectivity index (χ0n) is 22.3. The van der Waals surface area contributed by atoms with E-state index < -0.39 is 40.2 Å². The van der Waals surface area contributed by atoms with Crippen molar-refractivity contribution in [2.24, 2.45) is 0 Å². The Hall–Kier alpha value is -3.72. The van der Waals surface area contributed by atoms with E-state index in [-0.39, 0.29) is 23.0 Å². The molecule has 0 saturated carbocycles. The van der Waals surface area contributed by atoms with Gasteiger partial charge >= 0.3 is 0 Å². The number of aryl methyl sites for hydroxylation is 2. The van der Waals surface area contributed by atoms with Crippen LogP contribution in [0.25, 0.3) is 0 Å². The fourth-order valence-electron chi connectivity index (χ4n) is 3.95. The summed E-state index contributed by atoms with van der Waals surface area (Å²) in [4.78, 5) is 27.9. The van der Waals surface area contributed by atoms with Crippen molar-refractivity contribution >= 4 is 27.5 Å². The SMILES string of the molecule is Cc1ccc(S(=O)(=O)N(CC(=O)N(Cc2ccccc2F)[C@H](C)C(=O)NC(C)C)c2cccc(C)c2)cc1. The van der Waals surface area contributed by atoms with Crippen molar-refractivity contribution in [2.45, 2.75) is 58.1 Å². The summed E-state index contributed by atoms with van der Waals surface area (Å²) in [6, 6.07) is 18.0. The van der Waals surface area contributed by atoms with Gasteiger partial charge in [0.25, 0.3) is 10.0 Å². The average molecular weight is 540 g/mol. The molecule has 0 aliphatic carbocycles. The van der Waals surface area contributed by atoms with Crippen LogP contribution >= 0.6 is 0 Å². The first kappa shape index (κ1) is 28.8. The molecule has 0 radical (unpaired) electrons. The van der Waals surface area contributed by atoms with Crippen molar-refractivity contribution < 1.29 is 22.4 Å². The Balaban J connectivity index is 2.04. The second-order valence-corrected chi connectivity index (χ2v) is 11.5. The molecule has 3 aromatic carbocycles. The third-order valence-electron chi connectivity index (χ3n) is 6.07. The molecule has 0 heterocycles. The van der Waals surface area contributed by atoms with Gasteiger partial charge in [0.1, 0.15) is 18.4 Å². The van der Waals surface area contributed by atoms with Gasteiger partial charge in [-0.3, -0.25) is 13.9 Å². The molecular weight excluding hydrogens is 505 g/mol. The Kier molecular flexibility index (Phi) is 9.27. The number of hydrogen-bond acceptors (Lipinski definition) is 4. The average Bonchev–Trinajstić information content (AvgIpc) is 2.86. The molecule has 202 valence electrons. The van der Waals surface area contributed by atoms with E-state index in [0.29, 0.717) is 5.69 Å². The van der Waals surface area contributed by atoms with E-state index in [1.54, 1.807) is 57.2 Å². The Bertz CT molecular complexity index is 1390. The van der Waals surface area contributed by atoms with Crippen LogP contribution in [0.5, 0.6) is 0 Å². The zero-order valence-corrected chi connectivity index (χ0v) is 23.1. The number of nitrogens with one attached hydrogen (secondary N) is 1. The lowest BCUT2D eigenvalue weighted by molar-refractivity contribution is -0.139. The summed E-state index contributed by atoms with van der Waals surface area (Å²) in [7, 11) is -4.15.